The van der Waals surface area contributed by atoms with E-state index >= 15 is 0 Å². The van der Waals surface area contributed by atoms with Gasteiger partial charge in [-0.3, -0.25) is 0 Å². The topological polar surface area (TPSA) is 51.5 Å². The number of benzene rings is 1. The van der Waals surface area contributed by atoms with E-state index in [4.69, 9.17) is 4.42 Å². The van der Waals surface area contributed by atoms with Crippen molar-refractivity contribution >= 4 is 5.97 Å². The van der Waals surface area contributed by atoms with Gasteiger partial charge >= 0.3 is 5.97 Å². The molecule has 0 aliphatic carbocycles. The van der Waals surface area contributed by atoms with Crippen molar-refractivity contribution in [1.82, 2.24) is 5.32 Å². The van der Waals surface area contributed by atoms with E-state index in [0.717, 1.165) is 12.2 Å². The Hall–Kier alpha value is -2.07. The average molecular weight is 273 g/mol. The quantitative estimate of drug-likeness (QED) is 0.820. The van der Waals surface area contributed by atoms with E-state index in [0.29, 0.717) is 6.54 Å². The van der Waals surface area contributed by atoms with E-state index in [2.05, 4.69) is 29.1 Å². The molecule has 0 bridgehead atoms. The Balaban J connectivity index is 1.97. The molecule has 2 aromatic rings. The van der Waals surface area contributed by atoms with Crippen LogP contribution in [0.15, 0.2) is 46.9 Å². The van der Waals surface area contributed by atoms with Crippen LogP contribution < -0.4 is 5.32 Å². The minimum atomic E-state index is -0.452. The van der Waals surface area contributed by atoms with Gasteiger partial charge in [-0.05, 0) is 24.1 Å². The molecule has 0 fully saturated rings. The lowest BCUT2D eigenvalue weighted by Crippen LogP contribution is -2.19. The summed E-state index contributed by atoms with van der Waals surface area (Å²) in [4.78, 5) is 11.3. The summed E-state index contributed by atoms with van der Waals surface area (Å²) in [6.45, 7) is 2.71. The summed E-state index contributed by atoms with van der Waals surface area (Å²) in [6, 6.07) is 14.0. The lowest BCUT2D eigenvalue weighted by Gasteiger charge is -2.16. The van der Waals surface area contributed by atoms with Gasteiger partial charge < -0.3 is 14.5 Å². The number of nitrogens with one attached hydrogen (secondary N) is 1. The zero-order valence-electron chi connectivity index (χ0n) is 11.8. The highest BCUT2D eigenvalue weighted by molar-refractivity contribution is 5.86. The molecule has 1 aromatic carbocycles. The number of rotatable bonds is 6. The van der Waals surface area contributed by atoms with Gasteiger partial charge in [0.1, 0.15) is 5.76 Å². The molecular weight excluding hydrogens is 254 g/mol. The third-order valence-corrected chi connectivity index (χ3v) is 3.18. The lowest BCUT2D eigenvalue weighted by atomic mass is 10.0. The summed E-state index contributed by atoms with van der Waals surface area (Å²) < 4.78 is 10.0. The number of hydrogen-bond donors (Lipinski definition) is 1. The largest absolute Gasteiger partial charge is 0.463 e. The van der Waals surface area contributed by atoms with Crippen LogP contribution in [0.2, 0.25) is 0 Å². The summed E-state index contributed by atoms with van der Waals surface area (Å²) in [5.74, 6) is 0.503. The van der Waals surface area contributed by atoms with Gasteiger partial charge in [0.25, 0.3) is 0 Å². The monoisotopic (exact) mass is 273 g/mol. The van der Waals surface area contributed by atoms with Crippen molar-refractivity contribution in [3.05, 3.63) is 59.5 Å². The molecule has 4 heteroatoms. The molecule has 1 heterocycles. The van der Waals surface area contributed by atoms with E-state index in [9.17, 15) is 4.79 Å². The fraction of sp³-hybridized carbons (Fsp3) is 0.312. The molecule has 20 heavy (non-hydrogen) atoms. The van der Waals surface area contributed by atoms with Crippen LogP contribution in [0.5, 0.6) is 0 Å². The first-order valence-corrected chi connectivity index (χ1v) is 6.70. The maximum absolute atomic E-state index is 11.3. The molecule has 1 N–H and O–H groups in total. The Kier molecular flexibility index (Phi) is 4.96. The third-order valence-electron chi connectivity index (χ3n) is 3.18. The molecule has 0 aliphatic rings. The van der Waals surface area contributed by atoms with E-state index in [1.54, 1.807) is 12.1 Å². The highest BCUT2D eigenvalue weighted by atomic mass is 16.5. The zero-order valence-corrected chi connectivity index (χ0v) is 11.8. The molecule has 0 saturated carbocycles. The van der Waals surface area contributed by atoms with E-state index < -0.39 is 5.97 Å². The predicted octanol–water partition coefficient (Wildman–Crippen LogP) is 3.31. The van der Waals surface area contributed by atoms with Crippen LogP contribution >= 0.6 is 0 Å². The first-order chi connectivity index (χ1) is 9.74. The van der Waals surface area contributed by atoms with E-state index in [-0.39, 0.29) is 11.8 Å². The fourth-order valence-corrected chi connectivity index (χ4v) is 2.09. The lowest BCUT2D eigenvalue weighted by molar-refractivity contribution is 0.0563. The maximum atomic E-state index is 11.3. The number of carbonyl (C=O) groups excluding carboxylic acids is 1. The first-order valence-electron chi connectivity index (χ1n) is 6.70. The van der Waals surface area contributed by atoms with Crippen LogP contribution in [-0.4, -0.2) is 13.1 Å². The summed E-state index contributed by atoms with van der Waals surface area (Å²) >= 11 is 0. The molecule has 1 unspecified atom stereocenters. The molecule has 0 radical (unpaired) electrons. The Bertz CT molecular complexity index is 548. The van der Waals surface area contributed by atoms with Crippen LogP contribution in [0.3, 0.4) is 0 Å². The molecule has 0 aliphatic heterocycles. The van der Waals surface area contributed by atoms with Gasteiger partial charge in [0.15, 0.2) is 0 Å². The number of hydrogen-bond acceptors (Lipinski definition) is 4. The minimum absolute atomic E-state index is 0.233. The summed E-state index contributed by atoms with van der Waals surface area (Å²) in [6.07, 6.45) is 0.981. The maximum Gasteiger partial charge on any atom is 0.373 e. The molecule has 1 aromatic heterocycles. The van der Waals surface area contributed by atoms with E-state index in [1.807, 2.05) is 18.2 Å². The predicted molar refractivity (Wildman–Crippen MR) is 76.4 cm³/mol. The van der Waals surface area contributed by atoms with Crippen LogP contribution in [0.1, 0.15) is 41.3 Å². The number of esters is 1. The van der Waals surface area contributed by atoms with Crippen molar-refractivity contribution in [2.45, 2.75) is 25.9 Å². The molecule has 0 saturated heterocycles. The fourth-order valence-electron chi connectivity index (χ4n) is 2.09. The number of carbonyl (C=O) groups is 1. The number of furan rings is 1. The standard InChI is InChI=1S/C16H19NO3/c1-3-14(12-7-5-4-6-8-12)17-11-13-9-10-15(20-13)16(18)19-2/h4-10,14,17H,3,11H2,1-2H3. The molecule has 0 spiro atoms. The second-order valence-electron chi connectivity index (χ2n) is 4.51. The SMILES string of the molecule is CCC(NCc1ccc(C(=O)OC)o1)c1ccccc1. The Morgan fingerprint density at radius 3 is 2.65 bits per heavy atom. The first kappa shape index (κ1) is 14.3. The number of methoxy groups -OCH3 is 1. The van der Waals surface area contributed by atoms with Crippen molar-refractivity contribution in [2.75, 3.05) is 7.11 Å². The highest BCUT2D eigenvalue weighted by Gasteiger charge is 2.13. The molecule has 0 amide bonds. The molecular formula is C16H19NO3. The van der Waals surface area contributed by atoms with Gasteiger partial charge in [0, 0.05) is 6.04 Å². The Morgan fingerprint density at radius 2 is 2.00 bits per heavy atom. The van der Waals surface area contributed by atoms with Gasteiger partial charge in [0.05, 0.1) is 13.7 Å². The van der Waals surface area contributed by atoms with E-state index in [1.165, 1.54) is 12.7 Å². The molecule has 106 valence electrons. The summed E-state index contributed by atoms with van der Waals surface area (Å²) in [5.41, 5.74) is 1.25. The highest BCUT2D eigenvalue weighted by Crippen LogP contribution is 2.17. The van der Waals surface area contributed by atoms with Crippen LogP contribution in [0.4, 0.5) is 0 Å². The van der Waals surface area contributed by atoms with Crippen LogP contribution in [-0.2, 0) is 11.3 Å². The minimum Gasteiger partial charge on any atom is -0.463 e. The zero-order chi connectivity index (χ0) is 14.4. The molecule has 1 atom stereocenters. The second-order valence-corrected chi connectivity index (χ2v) is 4.51. The van der Waals surface area contributed by atoms with Gasteiger partial charge in [-0.25, -0.2) is 4.79 Å². The van der Waals surface area contributed by atoms with Crippen molar-refractivity contribution in [1.29, 1.82) is 0 Å². The summed E-state index contributed by atoms with van der Waals surface area (Å²) in [7, 11) is 1.34. The smallest absolute Gasteiger partial charge is 0.373 e. The van der Waals surface area contributed by atoms with Crippen LogP contribution in [0.25, 0.3) is 0 Å². The van der Waals surface area contributed by atoms with Crippen molar-refractivity contribution < 1.29 is 13.9 Å². The van der Waals surface area contributed by atoms with Gasteiger partial charge in [-0.2, -0.15) is 0 Å². The third kappa shape index (κ3) is 3.48. The summed E-state index contributed by atoms with van der Waals surface area (Å²) in [5, 5.41) is 3.43. The van der Waals surface area contributed by atoms with Crippen molar-refractivity contribution in [2.24, 2.45) is 0 Å². The van der Waals surface area contributed by atoms with Gasteiger partial charge in [0.2, 0.25) is 5.76 Å². The second kappa shape index (κ2) is 6.91. The molecule has 4 nitrogen and oxygen atoms in total. The normalized spacial score (nSPS) is 12.1. The van der Waals surface area contributed by atoms with Gasteiger partial charge in [-0.1, -0.05) is 37.3 Å². The van der Waals surface area contributed by atoms with Crippen molar-refractivity contribution in [3.8, 4) is 0 Å². The number of ether oxygens (including phenoxy) is 1. The van der Waals surface area contributed by atoms with Crippen molar-refractivity contribution in [3.63, 3.8) is 0 Å². The molecule has 2 rings (SSSR count). The average Bonchev–Trinajstić information content (AvgIpc) is 2.97. The Labute approximate surface area is 118 Å². The van der Waals surface area contributed by atoms with Gasteiger partial charge in [-0.15, -0.1) is 0 Å². The van der Waals surface area contributed by atoms with Crippen LogP contribution in [0, 0.1) is 0 Å². The Morgan fingerprint density at radius 1 is 1.25 bits per heavy atom.